The van der Waals surface area contributed by atoms with E-state index in [0.29, 0.717) is 5.69 Å². The van der Waals surface area contributed by atoms with Crippen molar-refractivity contribution in [1.29, 1.82) is 0 Å². The number of hydrogen-bond acceptors (Lipinski definition) is 5. The summed E-state index contributed by atoms with van der Waals surface area (Å²) in [7, 11) is -2.23. The maximum Gasteiger partial charge on any atom is 0.320 e. The first-order chi connectivity index (χ1) is 8.96. The lowest BCUT2D eigenvalue weighted by atomic mass is 10.2. The van der Waals surface area contributed by atoms with Gasteiger partial charge in [-0.25, -0.2) is 22.8 Å². The highest BCUT2D eigenvalue weighted by Gasteiger charge is 2.09. The van der Waals surface area contributed by atoms with Gasteiger partial charge in [0.15, 0.2) is 0 Å². The maximum absolute atomic E-state index is 11.4. The highest BCUT2D eigenvalue weighted by molar-refractivity contribution is 7.89. The lowest BCUT2D eigenvalue weighted by Crippen LogP contribution is -2.37. The first kappa shape index (κ1) is 15.4. The summed E-state index contributed by atoms with van der Waals surface area (Å²) in [4.78, 5) is 15.4. The second-order valence-electron chi connectivity index (χ2n) is 3.56. The molecule has 0 heterocycles. The number of sulfonamides is 1. The van der Waals surface area contributed by atoms with E-state index in [1.165, 1.54) is 7.05 Å². The van der Waals surface area contributed by atoms with Crippen molar-refractivity contribution in [2.24, 2.45) is 0 Å². The van der Waals surface area contributed by atoms with Crippen LogP contribution in [0.15, 0.2) is 24.3 Å². The van der Waals surface area contributed by atoms with Gasteiger partial charge in [-0.2, -0.15) is 0 Å². The summed E-state index contributed by atoms with van der Waals surface area (Å²) in [5.74, 6) is -0.508. The predicted octanol–water partition coefficient (Wildman–Crippen LogP) is 0.304. The van der Waals surface area contributed by atoms with Gasteiger partial charge >= 0.3 is 6.03 Å². The predicted molar refractivity (Wildman–Crippen MR) is 68.9 cm³/mol. The van der Waals surface area contributed by atoms with Gasteiger partial charge in [-0.3, -0.25) is 5.26 Å². The van der Waals surface area contributed by atoms with Gasteiger partial charge in [0.2, 0.25) is 10.0 Å². The fraction of sp³-hybridized carbons (Fsp3) is 0.300. The van der Waals surface area contributed by atoms with Crippen molar-refractivity contribution >= 4 is 21.7 Å². The summed E-state index contributed by atoms with van der Waals surface area (Å²) >= 11 is 0. The highest BCUT2D eigenvalue weighted by atomic mass is 32.2. The molecule has 0 radical (unpaired) electrons. The Kier molecular flexibility index (Phi) is 5.70. The molecular weight excluding hydrogens is 274 g/mol. The third kappa shape index (κ3) is 5.66. The molecule has 0 saturated carbocycles. The van der Waals surface area contributed by atoms with Crippen molar-refractivity contribution in [2.75, 3.05) is 18.2 Å². The number of benzene rings is 1. The molecule has 0 aliphatic rings. The fourth-order valence-corrected chi connectivity index (χ4v) is 1.63. The average Bonchev–Trinajstić information content (AvgIpc) is 2.39. The van der Waals surface area contributed by atoms with Gasteiger partial charge in [0.25, 0.3) is 0 Å². The molecule has 0 bridgehead atoms. The molecule has 4 N–H and O–H groups in total. The molecule has 1 aromatic rings. The van der Waals surface area contributed by atoms with Gasteiger partial charge in [0.1, 0.15) is 12.5 Å². The van der Waals surface area contributed by atoms with Gasteiger partial charge in [0.05, 0.1) is 0 Å². The number of amides is 2. The third-order valence-corrected chi connectivity index (χ3v) is 3.32. The first-order valence-electron chi connectivity index (χ1n) is 5.28. The Balaban J connectivity index is 2.48. The van der Waals surface area contributed by atoms with Crippen molar-refractivity contribution in [3.8, 4) is 0 Å². The van der Waals surface area contributed by atoms with Crippen LogP contribution in [0.1, 0.15) is 5.56 Å². The van der Waals surface area contributed by atoms with E-state index >= 15 is 0 Å². The molecule has 0 saturated heterocycles. The zero-order valence-corrected chi connectivity index (χ0v) is 11.0. The Morgan fingerprint density at radius 3 is 2.47 bits per heavy atom. The van der Waals surface area contributed by atoms with Crippen LogP contribution < -0.4 is 15.4 Å². The van der Waals surface area contributed by atoms with E-state index < -0.39 is 21.9 Å². The molecule has 2 amide bonds. The van der Waals surface area contributed by atoms with E-state index in [-0.39, 0.29) is 6.61 Å². The van der Waals surface area contributed by atoms with Crippen molar-refractivity contribution in [3.63, 3.8) is 0 Å². The van der Waals surface area contributed by atoms with E-state index in [9.17, 15) is 13.2 Å². The monoisotopic (exact) mass is 289 g/mol. The molecule has 1 rings (SSSR count). The Hall–Kier alpha value is -1.68. The molecule has 8 nitrogen and oxygen atoms in total. The maximum atomic E-state index is 11.4. The zero-order chi connectivity index (χ0) is 14.3. The Morgan fingerprint density at radius 2 is 1.95 bits per heavy atom. The van der Waals surface area contributed by atoms with Gasteiger partial charge in [-0.1, -0.05) is 12.1 Å². The SMILES string of the molecule is CNS(=O)(=O)CNC(=O)Nc1ccc(COO)cc1. The molecular formula is C10H15N3O5S. The van der Waals surface area contributed by atoms with Gasteiger partial charge in [0, 0.05) is 5.69 Å². The van der Waals surface area contributed by atoms with Crippen LogP contribution in [-0.2, 0) is 21.5 Å². The molecule has 0 spiro atoms. The highest BCUT2D eigenvalue weighted by Crippen LogP contribution is 2.09. The van der Waals surface area contributed by atoms with Crippen LogP contribution in [0.5, 0.6) is 0 Å². The van der Waals surface area contributed by atoms with Crippen LogP contribution in [0, 0.1) is 0 Å². The summed E-state index contributed by atoms with van der Waals surface area (Å²) in [5, 5.41) is 12.9. The van der Waals surface area contributed by atoms with Crippen LogP contribution in [0.25, 0.3) is 0 Å². The van der Waals surface area contributed by atoms with E-state index in [2.05, 4.69) is 20.2 Å². The molecule has 0 aliphatic heterocycles. The van der Waals surface area contributed by atoms with Crippen LogP contribution in [0.3, 0.4) is 0 Å². The number of rotatable bonds is 6. The average molecular weight is 289 g/mol. The van der Waals surface area contributed by atoms with Crippen LogP contribution in [0.2, 0.25) is 0 Å². The van der Waals surface area contributed by atoms with Crippen molar-refractivity contribution < 1.29 is 23.4 Å². The number of anilines is 1. The zero-order valence-electron chi connectivity index (χ0n) is 10.2. The smallest absolute Gasteiger partial charge is 0.320 e. The van der Waals surface area contributed by atoms with Gasteiger partial charge in [-0.05, 0) is 24.7 Å². The summed E-state index contributed by atoms with van der Waals surface area (Å²) in [6, 6.07) is 5.86. The topological polar surface area (TPSA) is 117 Å². The molecule has 0 fully saturated rings. The number of hydrogen-bond donors (Lipinski definition) is 4. The summed E-state index contributed by atoms with van der Waals surface area (Å²) in [6.45, 7) is 0.0485. The standard InChI is InChI=1S/C10H15N3O5S/c1-11-19(16,17)7-12-10(14)13-9-4-2-8(3-5-9)6-18-15/h2-5,11,15H,6-7H2,1H3,(H2,12,13,14). The third-order valence-electron chi connectivity index (χ3n) is 2.18. The van der Waals surface area contributed by atoms with Crippen molar-refractivity contribution in [1.82, 2.24) is 10.0 Å². The number of carbonyl (C=O) groups excluding carboxylic acids is 1. The van der Waals surface area contributed by atoms with E-state index in [0.717, 1.165) is 5.56 Å². The fourth-order valence-electron chi connectivity index (χ4n) is 1.17. The normalized spacial score (nSPS) is 11.1. The summed E-state index contributed by atoms with van der Waals surface area (Å²) in [6.07, 6.45) is 0. The Bertz CT molecular complexity index is 514. The summed E-state index contributed by atoms with van der Waals surface area (Å²) < 4.78 is 24.2. The molecule has 9 heteroatoms. The Morgan fingerprint density at radius 1 is 1.32 bits per heavy atom. The molecule has 0 aliphatic carbocycles. The van der Waals surface area contributed by atoms with Crippen molar-refractivity contribution in [2.45, 2.75) is 6.61 Å². The molecule has 1 aromatic carbocycles. The number of carbonyl (C=O) groups is 1. The van der Waals surface area contributed by atoms with Crippen LogP contribution in [0.4, 0.5) is 10.5 Å². The quantitative estimate of drug-likeness (QED) is 0.444. The van der Waals surface area contributed by atoms with Gasteiger partial charge < -0.3 is 10.6 Å². The molecule has 106 valence electrons. The molecule has 19 heavy (non-hydrogen) atoms. The molecule has 0 atom stereocenters. The minimum Gasteiger partial charge on any atom is -0.322 e. The van der Waals surface area contributed by atoms with E-state index in [1.54, 1.807) is 24.3 Å². The Labute approximate surface area is 110 Å². The van der Waals surface area contributed by atoms with E-state index in [4.69, 9.17) is 5.26 Å². The van der Waals surface area contributed by atoms with E-state index in [1.807, 2.05) is 0 Å². The lowest BCUT2D eigenvalue weighted by Gasteiger charge is -2.08. The van der Waals surface area contributed by atoms with Crippen molar-refractivity contribution in [3.05, 3.63) is 29.8 Å². The number of urea groups is 1. The first-order valence-corrected chi connectivity index (χ1v) is 6.93. The van der Waals surface area contributed by atoms with Crippen LogP contribution >= 0.6 is 0 Å². The minimum atomic E-state index is -3.49. The largest absolute Gasteiger partial charge is 0.322 e. The summed E-state index contributed by atoms with van der Waals surface area (Å²) in [5.41, 5.74) is 1.22. The van der Waals surface area contributed by atoms with Crippen LogP contribution in [-0.4, -0.2) is 32.6 Å². The lowest BCUT2D eigenvalue weighted by molar-refractivity contribution is -0.253. The number of nitrogens with one attached hydrogen (secondary N) is 3. The molecule has 0 unspecified atom stereocenters. The second kappa shape index (κ2) is 7.04. The minimum absolute atomic E-state index is 0.0485. The van der Waals surface area contributed by atoms with Gasteiger partial charge in [-0.15, -0.1) is 0 Å². The second-order valence-corrected chi connectivity index (χ2v) is 5.49. The molecule has 0 aromatic heterocycles.